The van der Waals surface area contributed by atoms with E-state index in [1.807, 2.05) is 29.4 Å². The summed E-state index contributed by atoms with van der Waals surface area (Å²) < 4.78 is 14.8. The Labute approximate surface area is 167 Å². The highest BCUT2D eigenvalue weighted by molar-refractivity contribution is 7.82. The number of carbonyl (C=O) groups excluding carboxylic acids is 1. The van der Waals surface area contributed by atoms with Crippen molar-refractivity contribution in [1.82, 2.24) is 14.3 Å². The average Bonchev–Trinajstić information content (AvgIpc) is 2.74. The second-order valence-electron chi connectivity index (χ2n) is 6.49. The highest BCUT2D eigenvalue weighted by Gasteiger charge is 2.23. The third kappa shape index (κ3) is 4.73. The first-order chi connectivity index (χ1) is 13.5. The molecule has 0 spiro atoms. The van der Waals surface area contributed by atoms with Gasteiger partial charge in [0.15, 0.2) is 0 Å². The van der Waals surface area contributed by atoms with Gasteiger partial charge in [-0.2, -0.15) is 4.98 Å². The van der Waals surface area contributed by atoms with Gasteiger partial charge in [-0.1, -0.05) is 6.58 Å². The zero-order valence-electron chi connectivity index (χ0n) is 16.0. The van der Waals surface area contributed by atoms with Crippen molar-refractivity contribution in [2.45, 2.75) is 4.90 Å². The average molecular weight is 401 g/mol. The van der Waals surface area contributed by atoms with Crippen LogP contribution in [-0.4, -0.2) is 64.7 Å². The van der Waals surface area contributed by atoms with Gasteiger partial charge in [0.1, 0.15) is 16.8 Å². The first-order valence-electron chi connectivity index (χ1n) is 8.93. The van der Waals surface area contributed by atoms with E-state index >= 15 is 0 Å². The Kier molecular flexibility index (Phi) is 6.37. The molecule has 1 atom stereocenters. The van der Waals surface area contributed by atoms with Crippen molar-refractivity contribution in [3.05, 3.63) is 49.2 Å². The molecule has 2 heterocycles. The maximum absolute atomic E-state index is 12.9. The molecule has 1 fully saturated rings. The summed E-state index contributed by atoms with van der Waals surface area (Å²) in [5.74, 6) is 1.28. The zero-order chi connectivity index (χ0) is 20.1. The van der Waals surface area contributed by atoms with Gasteiger partial charge in [-0.3, -0.25) is 4.79 Å². The van der Waals surface area contributed by atoms with Crippen molar-refractivity contribution in [3.8, 4) is 0 Å². The second kappa shape index (κ2) is 8.94. The Bertz CT molecular complexity index is 863. The van der Waals surface area contributed by atoms with Crippen LogP contribution < -0.4 is 15.1 Å². The van der Waals surface area contributed by atoms with Crippen molar-refractivity contribution >= 4 is 34.3 Å². The minimum atomic E-state index is -1.24. The molecule has 0 saturated carbocycles. The molecule has 1 aliphatic rings. The van der Waals surface area contributed by atoms with E-state index in [1.165, 1.54) is 6.08 Å². The predicted molar refractivity (Wildman–Crippen MR) is 112 cm³/mol. The lowest BCUT2D eigenvalue weighted by molar-refractivity contribution is -0.111. The largest absolute Gasteiger partial charge is 0.354 e. The number of hydrogen-bond acceptors (Lipinski definition) is 6. The minimum Gasteiger partial charge on any atom is -0.354 e. The molecule has 8 nitrogen and oxygen atoms in total. The number of piperazine rings is 1. The van der Waals surface area contributed by atoms with Gasteiger partial charge in [-0.15, -0.1) is 0 Å². The van der Waals surface area contributed by atoms with Crippen molar-refractivity contribution < 1.29 is 9.00 Å². The Morgan fingerprint density at radius 3 is 2.46 bits per heavy atom. The maximum Gasteiger partial charge on any atom is 0.247 e. The number of anilines is 3. The fraction of sp³-hybridized carbons (Fsp3) is 0.316. The fourth-order valence-electron chi connectivity index (χ4n) is 2.81. The molecule has 1 amide bonds. The number of nitrogens with one attached hydrogen (secondary N) is 1. The van der Waals surface area contributed by atoms with Crippen LogP contribution in [0.15, 0.2) is 54.1 Å². The molecule has 1 N–H and O–H groups in total. The smallest absolute Gasteiger partial charge is 0.247 e. The van der Waals surface area contributed by atoms with E-state index in [2.05, 4.69) is 26.8 Å². The lowest BCUT2D eigenvalue weighted by Gasteiger charge is -2.34. The van der Waals surface area contributed by atoms with E-state index < -0.39 is 11.0 Å². The maximum atomic E-state index is 12.9. The molecule has 3 rings (SSSR count). The lowest BCUT2D eigenvalue weighted by atomic mass is 10.3. The summed E-state index contributed by atoms with van der Waals surface area (Å²) >= 11 is 0. The number of aromatic nitrogens is 2. The van der Waals surface area contributed by atoms with Gasteiger partial charge >= 0.3 is 0 Å². The van der Waals surface area contributed by atoms with Crippen LogP contribution in [0.5, 0.6) is 0 Å². The number of benzene rings is 1. The van der Waals surface area contributed by atoms with Crippen molar-refractivity contribution in [2.75, 3.05) is 55.4 Å². The van der Waals surface area contributed by atoms with E-state index in [0.29, 0.717) is 29.6 Å². The van der Waals surface area contributed by atoms with Gasteiger partial charge in [-0.25, -0.2) is 13.5 Å². The summed E-state index contributed by atoms with van der Waals surface area (Å²) in [6, 6.07) is 8.93. The zero-order valence-corrected chi connectivity index (χ0v) is 16.9. The van der Waals surface area contributed by atoms with E-state index in [1.54, 1.807) is 30.5 Å². The summed E-state index contributed by atoms with van der Waals surface area (Å²) in [6.45, 7) is 6.24. The van der Waals surface area contributed by atoms with Crippen molar-refractivity contribution in [3.63, 3.8) is 0 Å². The van der Waals surface area contributed by atoms with Gasteiger partial charge < -0.3 is 15.1 Å². The highest BCUT2D eigenvalue weighted by atomic mass is 32.2. The molecule has 0 radical (unpaired) electrons. The van der Waals surface area contributed by atoms with Crippen LogP contribution in [0, 0.1) is 0 Å². The standard InChI is InChI=1S/C19H24N6O2S/c1-4-18(26)21-15-5-7-16(8-6-15)28(27)25-13-11-24(12-14-25)17-9-10-20-19(22-17)23(2)3/h4-10H,1,11-14H2,2-3H3,(H,21,26). The summed E-state index contributed by atoms with van der Waals surface area (Å²) in [5, 5.41) is 2.68. The fourth-order valence-corrected chi connectivity index (χ4v) is 3.97. The third-order valence-corrected chi connectivity index (χ3v) is 5.84. The first kappa shape index (κ1) is 20.0. The van der Waals surface area contributed by atoms with Gasteiger partial charge in [-0.05, 0) is 36.4 Å². The molecule has 1 unspecified atom stereocenters. The molecule has 1 aliphatic heterocycles. The summed E-state index contributed by atoms with van der Waals surface area (Å²) in [6.07, 6.45) is 2.97. The summed E-state index contributed by atoms with van der Waals surface area (Å²) in [4.78, 5) is 24.9. The molecule has 1 saturated heterocycles. The molecule has 2 aromatic rings. The van der Waals surface area contributed by atoms with Gasteiger partial charge in [0.2, 0.25) is 11.9 Å². The van der Waals surface area contributed by atoms with Crippen molar-refractivity contribution in [1.29, 1.82) is 0 Å². The van der Waals surface area contributed by atoms with E-state index in [9.17, 15) is 9.00 Å². The van der Waals surface area contributed by atoms with E-state index in [0.717, 1.165) is 18.9 Å². The number of hydrogen-bond donors (Lipinski definition) is 1. The van der Waals surface area contributed by atoms with Crippen molar-refractivity contribution in [2.24, 2.45) is 0 Å². The number of nitrogens with zero attached hydrogens (tertiary/aromatic N) is 5. The monoisotopic (exact) mass is 400 g/mol. The Balaban J connectivity index is 1.60. The van der Waals surface area contributed by atoms with Crippen LogP contribution in [0.2, 0.25) is 0 Å². The lowest BCUT2D eigenvalue weighted by Crippen LogP contribution is -2.47. The van der Waals surface area contributed by atoms with Crippen LogP contribution >= 0.6 is 0 Å². The molecule has 0 aliphatic carbocycles. The number of rotatable bonds is 6. The normalized spacial score (nSPS) is 15.7. The van der Waals surface area contributed by atoms with Gasteiger partial charge in [0.25, 0.3) is 0 Å². The molecular weight excluding hydrogens is 376 g/mol. The molecule has 1 aromatic carbocycles. The van der Waals surface area contributed by atoms with Crippen LogP contribution in [0.3, 0.4) is 0 Å². The Morgan fingerprint density at radius 1 is 1.18 bits per heavy atom. The van der Waals surface area contributed by atoms with Crippen LogP contribution in [0.4, 0.5) is 17.5 Å². The predicted octanol–water partition coefficient (Wildman–Crippen LogP) is 1.51. The van der Waals surface area contributed by atoms with Crippen LogP contribution in [0.1, 0.15) is 0 Å². The molecular formula is C19H24N6O2S. The number of amides is 1. The molecule has 28 heavy (non-hydrogen) atoms. The SMILES string of the molecule is C=CC(=O)Nc1ccc(S(=O)N2CCN(c3ccnc(N(C)C)n3)CC2)cc1. The second-order valence-corrected chi connectivity index (χ2v) is 7.98. The summed E-state index contributed by atoms with van der Waals surface area (Å²) in [7, 11) is 2.58. The quantitative estimate of drug-likeness (QED) is 0.741. The third-order valence-electron chi connectivity index (χ3n) is 4.33. The Hall–Kier alpha value is -2.78. The highest BCUT2D eigenvalue weighted by Crippen LogP contribution is 2.20. The summed E-state index contributed by atoms with van der Waals surface area (Å²) in [5.41, 5.74) is 0.649. The van der Waals surface area contributed by atoms with Crippen LogP contribution in [-0.2, 0) is 15.8 Å². The minimum absolute atomic E-state index is 0.271. The van der Waals surface area contributed by atoms with Gasteiger partial charge in [0.05, 0.1) is 4.90 Å². The Morgan fingerprint density at radius 2 is 1.86 bits per heavy atom. The van der Waals surface area contributed by atoms with Gasteiger partial charge in [0, 0.05) is 52.2 Å². The molecule has 0 bridgehead atoms. The molecule has 148 valence electrons. The van der Waals surface area contributed by atoms with Crippen LogP contribution in [0.25, 0.3) is 0 Å². The molecule has 9 heteroatoms. The molecule has 1 aromatic heterocycles. The van der Waals surface area contributed by atoms with E-state index in [4.69, 9.17) is 0 Å². The van der Waals surface area contributed by atoms with E-state index in [-0.39, 0.29) is 5.91 Å². The first-order valence-corrected chi connectivity index (χ1v) is 10.0. The topological polar surface area (TPSA) is 81.7 Å². The number of carbonyl (C=O) groups is 1.